The molecule has 2 aromatic carbocycles. The summed E-state index contributed by atoms with van der Waals surface area (Å²) in [5.74, 6) is -0.0262. The lowest BCUT2D eigenvalue weighted by atomic mass is 10.1. The van der Waals surface area contributed by atoms with E-state index in [0.717, 1.165) is 36.0 Å². The molecule has 1 fully saturated rings. The monoisotopic (exact) mass is 395 g/mol. The van der Waals surface area contributed by atoms with Crippen LogP contribution in [0.25, 0.3) is 0 Å². The van der Waals surface area contributed by atoms with Gasteiger partial charge in [-0.2, -0.15) is 0 Å². The lowest BCUT2D eigenvalue weighted by molar-refractivity contribution is -0.163. The van der Waals surface area contributed by atoms with Crippen LogP contribution in [-0.2, 0) is 14.3 Å². The van der Waals surface area contributed by atoms with Crippen molar-refractivity contribution in [3.63, 3.8) is 0 Å². The third-order valence-corrected chi connectivity index (χ3v) is 5.18. The molecular weight excluding hydrogens is 366 g/mol. The largest absolute Gasteiger partial charge is 0.481 e. The summed E-state index contributed by atoms with van der Waals surface area (Å²) < 4.78 is 11.4. The molecule has 154 valence electrons. The van der Waals surface area contributed by atoms with Gasteiger partial charge in [0.15, 0.2) is 6.61 Å². The molecule has 1 saturated heterocycles. The molecule has 0 radical (unpaired) electrons. The van der Waals surface area contributed by atoms with Crippen molar-refractivity contribution in [3.8, 4) is 5.75 Å². The van der Waals surface area contributed by atoms with Crippen molar-refractivity contribution in [2.45, 2.75) is 46.1 Å². The van der Waals surface area contributed by atoms with Gasteiger partial charge in [-0.25, -0.2) is 4.79 Å². The van der Waals surface area contributed by atoms with Crippen molar-refractivity contribution >= 4 is 11.9 Å². The van der Waals surface area contributed by atoms with Gasteiger partial charge in [-0.05, 0) is 51.2 Å². The van der Waals surface area contributed by atoms with Crippen molar-refractivity contribution in [3.05, 3.63) is 64.7 Å². The van der Waals surface area contributed by atoms with Crippen LogP contribution in [0.4, 0.5) is 0 Å². The number of esters is 1. The summed E-state index contributed by atoms with van der Waals surface area (Å²) in [6.07, 6.45) is 2.15. The third kappa shape index (κ3) is 5.37. The molecule has 0 aliphatic carbocycles. The minimum atomic E-state index is -0.939. The minimum Gasteiger partial charge on any atom is -0.481 e. The van der Waals surface area contributed by atoms with E-state index in [1.165, 1.54) is 0 Å². The Hall–Kier alpha value is -2.82. The number of hydrogen-bond donors (Lipinski definition) is 0. The second kappa shape index (κ2) is 9.59. The predicted molar refractivity (Wildman–Crippen MR) is 112 cm³/mol. The zero-order valence-electron chi connectivity index (χ0n) is 17.4. The number of carbonyl (C=O) groups is 2. The van der Waals surface area contributed by atoms with E-state index in [-0.39, 0.29) is 12.5 Å². The number of carbonyl (C=O) groups excluding carboxylic acids is 2. The maximum atomic E-state index is 13.1. The van der Waals surface area contributed by atoms with Crippen LogP contribution in [0.2, 0.25) is 0 Å². The van der Waals surface area contributed by atoms with Gasteiger partial charge in [0, 0.05) is 18.7 Å². The van der Waals surface area contributed by atoms with Gasteiger partial charge in [-0.15, -0.1) is 0 Å². The fraction of sp³-hybridized carbons (Fsp3) is 0.417. The SMILES string of the molecule is Cc1cc(C)c(OCC(=O)O[C@H](C(=O)N2CCCCC2)c2ccccc2)c(C)c1. The van der Waals surface area contributed by atoms with Gasteiger partial charge in [0.25, 0.3) is 5.91 Å². The van der Waals surface area contributed by atoms with Crippen LogP contribution in [0, 0.1) is 20.8 Å². The number of nitrogens with zero attached hydrogens (tertiary/aromatic N) is 1. The average Bonchev–Trinajstić information content (AvgIpc) is 2.72. The normalized spacial score (nSPS) is 14.9. The van der Waals surface area contributed by atoms with Crippen LogP contribution in [0.5, 0.6) is 5.75 Å². The first-order valence-electron chi connectivity index (χ1n) is 10.2. The molecule has 0 saturated carbocycles. The van der Waals surface area contributed by atoms with E-state index in [1.807, 2.05) is 63.2 Å². The summed E-state index contributed by atoms with van der Waals surface area (Å²) >= 11 is 0. The minimum absolute atomic E-state index is 0.160. The zero-order valence-corrected chi connectivity index (χ0v) is 17.4. The van der Waals surface area contributed by atoms with Crippen LogP contribution < -0.4 is 4.74 Å². The summed E-state index contributed by atoms with van der Waals surface area (Å²) in [4.78, 5) is 27.4. The molecule has 2 aromatic rings. The van der Waals surface area contributed by atoms with Crippen LogP contribution in [0.3, 0.4) is 0 Å². The Balaban J connectivity index is 1.70. The van der Waals surface area contributed by atoms with E-state index >= 15 is 0 Å². The maximum absolute atomic E-state index is 13.1. The number of rotatable bonds is 6. The number of hydrogen-bond acceptors (Lipinski definition) is 4. The van der Waals surface area contributed by atoms with E-state index in [9.17, 15) is 9.59 Å². The summed E-state index contributed by atoms with van der Waals surface area (Å²) in [5.41, 5.74) is 3.77. The Bertz CT molecular complexity index is 833. The molecule has 1 heterocycles. The Morgan fingerprint density at radius 2 is 1.59 bits per heavy atom. The Kier molecular flexibility index (Phi) is 6.91. The van der Waals surface area contributed by atoms with E-state index in [2.05, 4.69) is 0 Å². The average molecular weight is 395 g/mol. The molecule has 1 amide bonds. The van der Waals surface area contributed by atoms with Gasteiger partial charge in [0.2, 0.25) is 6.10 Å². The number of piperidine rings is 1. The molecule has 0 spiro atoms. The number of likely N-dealkylation sites (tertiary alicyclic amines) is 1. The van der Waals surface area contributed by atoms with E-state index in [4.69, 9.17) is 9.47 Å². The standard InChI is InChI=1S/C24H29NO4/c1-17-14-18(2)22(19(3)15-17)28-16-21(26)29-23(20-10-6-4-7-11-20)24(27)25-12-8-5-9-13-25/h4,6-7,10-11,14-15,23H,5,8-9,12-13,16H2,1-3H3/t23-/m0/s1. The quantitative estimate of drug-likeness (QED) is 0.685. The first kappa shape index (κ1) is 20.9. The summed E-state index contributed by atoms with van der Waals surface area (Å²) in [5, 5.41) is 0. The number of benzene rings is 2. The summed E-state index contributed by atoms with van der Waals surface area (Å²) in [6, 6.07) is 13.2. The van der Waals surface area contributed by atoms with Gasteiger partial charge in [-0.1, -0.05) is 48.0 Å². The fourth-order valence-corrected chi connectivity index (χ4v) is 3.86. The van der Waals surface area contributed by atoms with Gasteiger partial charge in [0.05, 0.1) is 0 Å². The maximum Gasteiger partial charge on any atom is 0.345 e. The van der Waals surface area contributed by atoms with Gasteiger partial charge in [-0.3, -0.25) is 4.79 Å². The molecule has 0 unspecified atom stereocenters. The molecule has 0 bridgehead atoms. The van der Waals surface area contributed by atoms with Crippen molar-refractivity contribution in [1.82, 2.24) is 4.90 Å². The van der Waals surface area contributed by atoms with Crippen LogP contribution in [0.1, 0.15) is 47.6 Å². The molecule has 0 N–H and O–H groups in total. The molecule has 1 aliphatic heterocycles. The van der Waals surface area contributed by atoms with Crippen molar-refractivity contribution in [2.75, 3.05) is 19.7 Å². The topological polar surface area (TPSA) is 55.8 Å². The highest BCUT2D eigenvalue weighted by Gasteiger charge is 2.30. The lowest BCUT2D eigenvalue weighted by Gasteiger charge is -2.30. The van der Waals surface area contributed by atoms with Gasteiger partial charge >= 0.3 is 5.97 Å². The highest BCUT2D eigenvalue weighted by Crippen LogP contribution is 2.26. The smallest absolute Gasteiger partial charge is 0.345 e. The Labute approximate surface area is 172 Å². The summed E-state index contributed by atoms with van der Waals surface area (Å²) in [6.45, 7) is 7.10. The van der Waals surface area contributed by atoms with Crippen molar-refractivity contribution in [2.24, 2.45) is 0 Å². The predicted octanol–water partition coefficient (Wildman–Crippen LogP) is 4.29. The van der Waals surface area contributed by atoms with E-state index < -0.39 is 12.1 Å². The summed E-state index contributed by atoms with van der Waals surface area (Å²) in [7, 11) is 0. The second-order valence-corrected chi connectivity index (χ2v) is 7.68. The van der Waals surface area contributed by atoms with Gasteiger partial charge in [0.1, 0.15) is 5.75 Å². The molecular formula is C24H29NO4. The van der Waals surface area contributed by atoms with Gasteiger partial charge < -0.3 is 14.4 Å². The number of aryl methyl sites for hydroxylation is 3. The molecule has 3 rings (SSSR count). The van der Waals surface area contributed by atoms with E-state index in [1.54, 1.807) is 4.90 Å². The van der Waals surface area contributed by atoms with Crippen LogP contribution >= 0.6 is 0 Å². The van der Waals surface area contributed by atoms with Crippen LogP contribution in [-0.4, -0.2) is 36.5 Å². The zero-order chi connectivity index (χ0) is 20.8. The van der Waals surface area contributed by atoms with E-state index in [0.29, 0.717) is 24.4 Å². The first-order chi connectivity index (χ1) is 14.0. The third-order valence-electron chi connectivity index (χ3n) is 5.18. The highest BCUT2D eigenvalue weighted by atomic mass is 16.6. The molecule has 5 heteroatoms. The number of ether oxygens (including phenoxy) is 2. The lowest BCUT2D eigenvalue weighted by Crippen LogP contribution is -2.40. The fourth-order valence-electron chi connectivity index (χ4n) is 3.86. The molecule has 1 aliphatic rings. The molecule has 5 nitrogen and oxygen atoms in total. The first-order valence-corrected chi connectivity index (χ1v) is 10.2. The van der Waals surface area contributed by atoms with Crippen molar-refractivity contribution in [1.29, 1.82) is 0 Å². The number of amides is 1. The molecule has 1 atom stereocenters. The van der Waals surface area contributed by atoms with Crippen LogP contribution in [0.15, 0.2) is 42.5 Å². The Morgan fingerprint density at radius 3 is 2.21 bits per heavy atom. The molecule has 0 aromatic heterocycles. The highest BCUT2D eigenvalue weighted by molar-refractivity contribution is 5.85. The second-order valence-electron chi connectivity index (χ2n) is 7.68. The van der Waals surface area contributed by atoms with Crippen molar-refractivity contribution < 1.29 is 19.1 Å². The molecule has 29 heavy (non-hydrogen) atoms. The Morgan fingerprint density at radius 1 is 0.966 bits per heavy atom.